The minimum atomic E-state index is -0.800. The number of halogens is 1. The molecule has 33 heavy (non-hydrogen) atoms. The maximum absolute atomic E-state index is 13.3. The monoisotopic (exact) mass is 508 g/mol. The Morgan fingerprint density at radius 2 is 1.64 bits per heavy atom. The van der Waals surface area contributed by atoms with Crippen LogP contribution in [0, 0.1) is 0 Å². The van der Waals surface area contributed by atoms with Crippen LogP contribution in [0.1, 0.15) is 19.4 Å². The Labute approximate surface area is 199 Å². The number of barbiturate groups is 1. The molecule has 3 aromatic rings. The number of nitrogens with one attached hydrogen (secondary N) is 1. The van der Waals surface area contributed by atoms with Gasteiger partial charge in [-0.25, -0.2) is 9.69 Å². The number of imide groups is 2. The fourth-order valence-electron chi connectivity index (χ4n) is 3.62. The summed E-state index contributed by atoms with van der Waals surface area (Å²) >= 11 is 3.33. The quantitative estimate of drug-likeness (QED) is 0.371. The molecule has 3 aromatic carbocycles. The molecular formula is C25H21BrN2O5. The van der Waals surface area contributed by atoms with Crippen molar-refractivity contribution in [2.75, 3.05) is 18.1 Å². The molecule has 0 aliphatic carbocycles. The third kappa shape index (κ3) is 4.47. The summed E-state index contributed by atoms with van der Waals surface area (Å²) in [5.74, 6) is -0.312. The summed E-state index contributed by atoms with van der Waals surface area (Å²) in [6, 6.07) is 15.2. The van der Waals surface area contributed by atoms with Gasteiger partial charge in [-0.2, -0.15) is 0 Å². The van der Waals surface area contributed by atoms with Crippen molar-refractivity contribution in [1.29, 1.82) is 0 Å². The molecule has 168 valence electrons. The van der Waals surface area contributed by atoms with Crippen molar-refractivity contribution in [2.24, 2.45) is 0 Å². The van der Waals surface area contributed by atoms with Crippen LogP contribution in [-0.2, 0) is 9.59 Å². The Balaban J connectivity index is 1.87. The van der Waals surface area contributed by atoms with Crippen LogP contribution in [0.15, 0.2) is 64.6 Å². The first-order valence-electron chi connectivity index (χ1n) is 10.4. The molecule has 0 atom stereocenters. The van der Waals surface area contributed by atoms with Crippen molar-refractivity contribution < 1.29 is 23.9 Å². The number of anilines is 1. The fraction of sp³-hybridized carbons (Fsp3) is 0.160. The Bertz CT molecular complexity index is 1280. The topological polar surface area (TPSA) is 84.9 Å². The van der Waals surface area contributed by atoms with Crippen molar-refractivity contribution in [3.63, 3.8) is 0 Å². The van der Waals surface area contributed by atoms with Gasteiger partial charge in [-0.05, 0) is 73.2 Å². The average molecular weight is 509 g/mol. The Morgan fingerprint density at radius 3 is 2.33 bits per heavy atom. The van der Waals surface area contributed by atoms with E-state index in [9.17, 15) is 14.4 Å². The Hall–Kier alpha value is -3.65. The summed E-state index contributed by atoms with van der Waals surface area (Å²) in [6.07, 6.45) is 1.47. The van der Waals surface area contributed by atoms with E-state index >= 15 is 0 Å². The van der Waals surface area contributed by atoms with Gasteiger partial charge in [0.05, 0.1) is 18.9 Å². The van der Waals surface area contributed by atoms with E-state index in [0.717, 1.165) is 20.1 Å². The molecule has 1 fully saturated rings. The van der Waals surface area contributed by atoms with Gasteiger partial charge in [0.15, 0.2) is 0 Å². The number of nitrogens with zero attached hydrogens (tertiary/aromatic N) is 1. The van der Waals surface area contributed by atoms with Crippen molar-refractivity contribution in [2.45, 2.75) is 13.8 Å². The third-order valence-corrected chi connectivity index (χ3v) is 5.61. The largest absolute Gasteiger partial charge is 0.494 e. The highest BCUT2D eigenvalue weighted by molar-refractivity contribution is 9.10. The van der Waals surface area contributed by atoms with Crippen molar-refractivity contribution in [3.05, 3.63) is 70.2 Å². The van der Waals surface area contributed by atoms with Crippen LogP contribution in [0.2, 0.25) is 0 Å². The van der Waals surface area contributed by atoms with E-state index in [2.05, 4.69) is 21.2 Å². The number of benzene rings is 3. The molecule has 0 unspecified atom stereocenters. The van der Waals surface area contributed by atoms with Gasteiger partial charge in [-0.3, -0.25) is 14.9 Å². The van der Waals surface area contributed by atoms with Gasteiger partial charge in [-0.15, -0.1) is 0 Å². The van der Waals surface area contributed by atoms with Crippen LogP contribution in [0.5, 0.6) is 11.5 Å². The fourth-order valence-corrected chi connectivity index (χ4v) is 3.88. The molecule has 0 bridgehead atoms. The molecule has 4 rings (SSSR count). The van der Waals surface area contributed by atoms with Crippen LogP contribution in [0.3, 0.4) is 0 Å². The second-order valence-electron chi connectivity index (χ2n) is 7.16. The van der Waals surface area contributed by atoms with Crippen LogP contribution < -0.4 is 19.7 Å². The zero-order chi connectivity index (χ0) is 23.5. The normalized spacial score (nSPS) is 15.2. The molecule has 0 aromatic heterocycles. The van der Waals surface area contributed by atoms with E-state index in [1.807, 2.05) is 38.1 Å². The van der Waals surface area contributed by atoms with E-state index in [1.165, 1.54) is 6.08 Å². The zero-order valence-electron chi connectivity index (χ0n) is 18.1. The summed E-state index contributed by atoms with van der Waals surface area (Å²) in [7, 11) is 0. The van der Waals surface area contributed by atoms with Crippen LogP contribution in [0.25, 0.3) is 16.8 Å². The summed E-state index contributed by atoms with van der Waals surface area (Å²) in [4.78, 5) is 39.4. The van der Waals surface area contributed by atoms with E-state index in [1.54, 1.807) is 30.3 Å². The van der Waals surface area contributed by atoms with Crippen molar-refractivity contribution in [3.8, 4) is 11.5 Å². The number of carbonyl (C=O) groups is 3. The lowest BCUT2D eigenvalue weighted by atomic mass is 9.99. The highest BCUT2D eigenvalue weighted by Gasteiger charge is 2.37. The lowest BCUT2D eigenvalue weighted by molar-refractivity contribution is -0.122. The number of ether oxygens (including phenoxy) is 2. The standard InChI is InChI=1S/C25H21BrN2O5/c1-3-32-18-11-5-15-6-12-22(33-4-2)20(19(15)13-18)14-21-23(29)27-25(31)28(24(21)30)17-9-7-16(26)8-10-17/h5-14H,3-4H2,1-2H3,(H,27,29,31)/b21-14+. The van der Waals surface area contributed by atoms with E-state index in [-0.39, 0.29) is 5.57 Å². The highest BCUT2D eigenvalue weighted by atomic mass is 79.9. The van der Waals surface area contributed by atoms with Crippen molar-refractivity contribution >= 4 is 56.3 Å². The first-order chi connectivity index (χ1) is 15.9. The molecule has 1 aliphatic rings. The molecule has 0 radical (unpaired) electrons. The Kier molecular flexibility index (Phi) is 6.46. The summed E-state index contributed by atoms with van der Waals surface area (Å²) in [6.45, 7) is 4.64. The third-order valence-electron chi connectivity index (χ3n) is 5.08. The number of carbonyl (C=O) groups excluding carboxylic acids is 3. The molecule has 1 N–H and O–H groups in total. The summed E-state index contributed by atoms with van der Waals surface area (Å²) in [5, 5.41) is 3.90. The molecule has 8 heteroatoms. The van der Waals surface area contributed by atoms with E-state index < -0.39 is 17.8 Å². The first kappa shape index (κ1) is 22.5. The predicted octanol–water partition coefficient (Wildman–Crippen LogP) is 5.07. The molecule has 7 nitrogen and oxygen atoms in total. The maximum atomic E-state index is 13.3. The van der Waals surface area contributed by atoms with E-state index in [4.69, 9.17) is 9.47 Å². The molecule has 1 aliphatic heterocycles. The predicted molar refractivity (Wildman–Crippen MR) is 129 cm³/mol. The molecule has 1 saturated heterocycles. The van der Waals surface area contributed by atoms with Gasteiger partial charge < -0.3 is 9.47 Å². The van der Waals surface area contributed by atoms with Crippen molar-refractivity contribution in [1.82, 2.24) is 5.32 Å². The lowest BCUT2D eigenvalue weighted by Crippen LogP contribution is -2.54. The summed E-state index contributed by atoms with van der Waals surface area (Å²) in [5.41, 5.74) is 0.730. The molecule has 1 heterocycles. The number of hydrogen-bond donors (Lipinski definition) is 1. The molecule has 0 spiro atoms. The van der Waals surface area contributed by atoms with Crippen LogP contribution >= 0.6 is 15.9 Å². The Morgan fingerprint density at radius 1 is 0.939 bits per heavy atom. The number of amides is 4. The number of rotatable bonds is 6. The van der Waals surface area contributed by atoms with Gasteiger partial charge in [-0.1, -0.05) is 28.1 Å². The maximum Gasteiger partial charge on any atom is 0.335 e. The van der Waals surface area contributed by atoms with Gasteiger partial charge >= 0.3 is 6.03 Å². The number of fused-ring (bicyclic) bond motifs is 1. The number of urea groups is 1. The smallest absolute Gasteiger partial charge is 0.335 e. The minimum absolute atomic E-state index is 0.173. The molecule has 0 saturated carbocycles. The van der Waals surface area contributed by atoms with E-state index in [0.29, 0.717) is 36.0 Å². The van der Waals surface area contributed by atoms with Gasteiger partial charge in [0, 0.05) is 10.0 Å². The van der Waals surface area contributed by atoms with Gasteiger partial charge in [0.1, 0.15) is 17.1 Å². The van der Waals surface area contributed by atoms with Crippen LogP contribution in [0.4, 0.5) is 10.5 Å². The average Bonchev–Trinajstić information content (AvgIpc) is 2.79. The first-order valence-corrected chi connectivity index (χ1v) is 11.2. The summed E-state index contributed by atoms with van der Waals surface area (Å²) < 4.78 is 12.2. The van der Waals surface area contributed by atoms with Gasteiger partial charge in [0.25, 0.3) is 11.8 Å². The highest BCUT2D eigenvalue weighted by Crippen LogP contribution is 2.34. The second-order valence-corrected chi connectivity index (χ2v) is 8.08. The second kappa shape index (κ2) is 9.46. The number of hydrogen-bond acceptors (Lipinski definition) is 5. The molecule has 4 amide bonds. The molecular weight excluding hydrogens is 488 g/mol. The van der Waals surface area contributed by atoms with Crippen LogP contribution in [-0.4, -0.2) is 31.1 Å². The lowest BCUT2D eigenvalue weighted by Gasteiger charge is -2.26. The van der Waals surface area contributed by atoms with Gasteiger partial charge in [0.2, 0.25) is 0 Å². The zero-order valence-corrected chi connectivity index (χ0v) is 19.6. The SMILES string of the molecule is CCOc1ccc2ccc(OCC)c(/C=C3\C(=O)NC(=O)N(c4ccc(Br)cc4)C3=O)c2c1. The minimum Gasteiger partial charge on any atom is -0.494 e.